The Kier molecular flexibility index (Phi) is 4.26. The Hall–Kier alpha value is -1.22. The number of nitrogen functional groups attached to an aromatic ring is 1. The van der Waals surface area contributed by atoms with Crippen LogP contribution in [0.3, 0.4) is 0 Å². The van der Waals surface area contributed by atoms with Gasteiger partial charge in [0.05, 0.1) is 6.61 Å². The third-order valence-corrected chi connectivity index (χ3v) is 2.02. The first-order valence-corrected chi connectivity index (χ1v) is 4.84. The Morgan fingerprint density at radius 2 is 2.14 bits per heavy atom. The Morgan fingerprint density at radius 1 is 1.36 bits per heavy atom. The van der Waals surface area contributed by atoms with Gasteiger partial charge in [-0.05, 0) is 31.4 Å². The van der Waals surface area contributed by atoms with E-state index < -0.39 is 0 Å². The summed E-state index contributed by atoms with van der Waals surface area (Å²) in [4.78, 5) is 0. The molecule has 0 atom stereocenters. The molecule has 0 aromatic heterocycles. The lowest BCUT2D eigenvalue weighted by atomic mass is 10.2. The van der Waals surface area contributed by atoms with Gasteiger partial charge in [0.1, 0.15) is 5.75 Å². The highest BCUT2D eigenvalue weighted by molar-refractivity contribution is 5.47. The SMILES string of the molecule is Cc1ccc(N)cc1OCCCCO. The van der Waals surface area contributed by atoms with Crippen LogP contribution in [0.25, 0.3) is 0 Å². The van der Waals surface area contributed by atoms with E-state index in [1.54, 1.807) is 0 Å². The average molecular weight is 195 g/mol. The second-order valence-corrected chi connectivity index (χ2v) is 3.30. The third kappa shape index (κ3) is 3.26. The van der Waals surface area contributed by atoms with Crippen LogP contribution in [0.2, 0.25) is 0 Å². The van der Waals surface area contributed by atoms with Crippen molar-refractivity contribution in [1.82, 2.24) is 0 Å². The second kappa shape index (κ2) is 5.50. The third-order valence-electron chi connectivity index (χ3n) is 2.02. The van der Waals surface area contributed by atoms with Gasteiger partial charge >= 0.3 is 0 Å². The highest BCUT2D eigenvalue weighted by atomic mass is 16.5. The molecule has 0 amide bonds. The zero-order chi connectivity index (χ0) is 10.4. The van der Waals surface area contributed by atoms with E-state index in [-0.39, 0.29) is 6.61 Å². The number of benzene rings is 1. The zero-order valence-corrected chi connectivity index (χ0v) is 8.49. The van der Waals surface area contributed by atoms with Crippen LogP contribution in [-0.4, -0.2) is 18.3 Å². The molecule has 0 saturated carbocycles. The fraction of sp³-hybridized carbons (Fsp3) is 0.455. The topological polar surface area (TPSA) is 55.5 Å². The van der Waals surface area contributed by atoms with Gasteiger partial charge in [-0.1, -0.05) is 6.07 Å². The monoisotopic (exact) mass is 195 g/mol. The van der Waals surface area contributed by atoms with E-state index in [0.29, 0.717) is 12.3 Å². The number of unbranched alkanes of at least 4 members (excludes halogenated alkanes) is 1. The Labute approximate surface area is 84.5 Å². The van der Waals surface area contributed by atoms with Crippen LogP contribution in [0.5, 0.6) is 5.75 Å². The molecule has 3 nitrogen and oxygen atoms in total. The zero-order valence-electron chi connectivity index (χ0n) is 8.49. The Morgan fingerprint density at radius 3 is 2.86 bits per heavy atom. The summed E-state index contributed by atoms with van der Waals surface area (Å²) in [5.74, 6) is 0.836. The van der Waals surface area contributed by atoms with E-state index in [9.17, 15) is 0 Å². The van der Waals surface area contributed by atoms with Gasteiger partial charge in [-0.25, -0.2) is 0 Å². The molecule has 0 aliphatic carbocycles. The molecule has 14 heavy (non-hydrogen) atoms. The molecule has 1 aromatic rings. The number of anilines is 1. The van der Waals surface area contributed by atoms with Gasteiger partial charge in [-0.2, -0.15) is 0 Å². The number of hydrogen-bond donors (Lipinski definition) is 2. The fourth-order valence-corrected chi connectivity index (χ4v) is 1.17. The van der Waals surface area contributed by atoms with Crippen molar-refractivity contribution in [3.63, 3.8) is 0 Å². The molecule has 1 aromatic carbocycles. The molecule has 0 radical (unpaired) electrons. The fourth-order valence-electron chi connectivity index (χ4n) is 1.17. The number of rotatable bonds is 5. The van der Waals surface area contributed by atoms with Crippen LogP contribution in [0.4, 0.5) is 5.69 Å². The Balaban J connectivity index is 2.45. The van der Waals surface area contributed by atoms with E-state index in [1.807, 2.05) is 25.1 Å². The minimum absolute atomic E-state index is 0.221. The van der Waals surface area contributed by atoms with Crippen LogP contribution in [-0.2, 0) is 0 Å². The van der Waals surface area contributed by atoms with Crippen LogP contribution in [0.15, 0.2) is 18.2 Å². The summed E-state index contributed by atoms with van der Waals surface area (Å²) in [6.07, 6.45) is 1.64. The van der Waals surface area contributed by atoms with Crippen molar-refractivity contribution in [2.24, 2.45) is 0 Å². The van der Waals surface area contributed by atoms with E-state index in [2.05, 4.69) is 0 Å². The molecule has 3 N–H and O–H groups in total. The number of aliphatic hydroxyl groups is 1. The molecule has 0 heterocycles. The number of ether oxygens (including phenoxy) is 1. The molecule has 1 rings (SSSR count). The van der Waals surface area contributed by atoms with E-state index in [0.717, 1.165) is 24.2 Å². The van der Waals surface area contributed by atoms with Crippen molar-refractivity contribution in [3.8, 4) is 5.75 Å². The Bertz CT molecular complexity index is 287. The summed E-state index contributed by atoms with van der Waals surface area (Å²) >= 11 is 0. The van der Waals surface area contributed by atoms with Gasteiger partial charge in [0.2, 0.25) is 0 Å². The highest BCUT2D eigenvalue weighted by Crippen LogP contribution is 2.20. The summed E-state index contributed by atoms with van der Waals surface area (Å²) in [6, 6.07) is 5.63. The lowest BCUT2D eigenvalue weighted by Gasteiger charge is -2.09. The van der Waals surface area contributed by atoms with Crippen molar-refractivity contribution in [2.45, 2.75) is 19.8 Å². The lowest BCUT2D eigenvalue weighted by Crippen LogP contribution is -2.00. The molecule has 0 aliphatic heterocycles. The van der Waals surface area contributed by atoms with Gasteiger partial charge in [-0.3, -0.25) is 0 Å². The minimum Gasteiger partial charge on any atom is -0.493 e. The summed E-state index contributed by atoms with van der Waals surface area (Å²) in [7, 11) is 0. The molecule has 0 unspecified atom stereocenters. The first-order valence-electron chi connectivity index (χ1n) is 4.84. The molecule has 3 heteroatoms. The summed E-state index contributed by atoms with van der Waals surface area (Å²) in [6.45, 7) is 2.84. The van der Waals surface area contributed by atoms with Crippen molar-refractivity contribution >= 4 is 5.69 Å². The largest absolute Gasteiger partial charge is 0.493 e. The van der Waals surface area contributed by atoms with Gasteiger partial charge < -0.3 is 15.6 Å². The lowest BCUT2D eigenvalue weighted by molar-refractivity contribution is 0.252. The van der Waals surface area contributed by atoms with Crippen molar-refractivity contribution in [2.75, 3.05) is 18.9 Å². The molecule has 0 bridgehead atoms. The maximum atomic E-state index is 8.59. The van der Waals surface area contributed by atoms with Gasteiger partial charge in [-0.15, -0.1) is 0 Å². The van der Waals surface area contributed by atoms with Gasteiger partial charge in [0, 0.05) is 18.4 Å². The molecule has 0 saturated heterocycles. The summed E-state index contributed by atoms with van der Waals surface area (Å²) < 4.78 is 5.53. The van der Waals surface area contributed by atoms with Crippen LogP contribution in [0, 0.1) is 6.92 Å². The van der Waals surface area contributed by atoms with E-state index >= 15 is 0 Å². The van der Waals surface area contributed by atoms with Crippen molar-refractivity contribution < 1.29 is 9.84 Å². The first kappa shape index (κ1) is 10.9. The predicted octanol–water partition coefficient (Wildman–Crippen LogP) is 1.73. The summed E-state index contributed by atoms with van der Waals surface area (Å²) in [5, 5.41) is 8.59. The molecule has 0 spiro atoms. The maximum Gasteiger partial charge on any atom is 0.124 e. The van der Waals surface area contributed by atoms with E-state index in [4.69, 9.17) is 15.6 Å². The van der Waals surface area contributed by atoms with Crippen molar-refractivity contribution in [1.29, 1.82) is 0 Å². The second-order valence-electron chi connectivity index (χ2n) is 3.30. The van der Waals surface area contributed by atoms with Crippen LogP contribution >= 0.6 is 0 Å². The normalized spacial score (nSPS) is 10.1. The summed E-state index contributed by atoms with van der Waals surface area (Å²) in [5.41, 5.74) is 7.44. The van der Waals surface area contributed by atoms with Gasteiger partial charge in [0.15, 0.2) is 0 Å². The number of nitrogens with two attached hydrogens (primary N) is 1. The molecular formula is C11H17NO2. The molecule has 0 aliphatic rings. The average Bonchev–Trinajstić information content (AvgIpc) is 2.18. The molecule has 0 fully saturated rings. The standard InChI is InChI=1S/C11H17NO2/c1-9-4-5-10(12)8-11(9)14-7-3-2-6-13/h4-5,8,13H,2-3,6-7,12H2,1H3. The van der Waals surface area contributed by atoms with Crippen LogP contribution in [0.1, 0.15) is 18.4 Å². The highest BCUT2D eigenvalue weighted by Gasteiger charge is 1.99. The van der Waals surface area contributed by atoms with E-state index in [1.165, 1.54) is 0 Å². The molecular weight excluding hydrogens is 178 g/mol. The van der Waals surface area contributed by atoms with Crippen LogP contribution < -0.4 is 10.5 Å². The number of aliphatic hydroxyl groups excluding tert-OH is 1. The number of aryl methyl sites for hydroxylation is 1. The predicted molar refractivity (Wildman–Crippen MR) is 57.4 cm³/mol. The maximum absolute atomic E-state index is 8.59. The molecule has 78 valence electrons. The smallest absolute Gasteiger partial charge is 0.124 e. The van der Waals surface area contributed by atoms with Crippen molar-refractivity contribution in [3.05, 3.63) is 23.8 Å². The first-order chi connectivity index (χ1) is 6.74. The number of hydrogen-bond acceptors (Lipinski definition) is 3. The van der Waals surface area contributed by atoms with Gasteiger partial charge in [0.25, 0.3) is 0 Å². The quantitative estimate of drug-likeness (QED) is 0.555. The minimum atomic E-state index is 0.221.